The lowest BCUT2D eigenvalue weighted by Crippen LogP contribution is -2.36. The Bertz CT molecular complexity index is 906. The van der Waals surface area contributed by atoms with Gasteiger partial charge in [-0.3, -0.25) is 14.4 Å². The Labute approximate surface area is 162 Å². The van der Waals surface area contributed by atoms with Crippen LogP contribution in [0.2, 0.25) is 0 Å². The first-order valence-electron chi connectivity index (χ1n) is 8.84. The Hall–Kier alpha value is -3.35. The molecule has 0 aliphatic carbocycles. The van der Waals surface area contributed by atoms with Crippen molar-refractivity contribution in [1.29, 1.82) is 0 Å². The van der Waals surface area contributed by atoms with Crippen LogP contribution in [-0.4, -0.2) is 24.5 Å². The Morgan fingerprint density at radius 2 is 1.54 bits per heavy atom. The van der Waals surface area contributed by atoms with Crippen molar-refractivity contribution in [2.45, 2.75) is 32.7 Å². The maximum atomic E-state index is 11.8. The average Bonchev–Trinajstić information content (AvgIpc) is 2.61. The van der Waals surface area contributed by atoms with E-state index in [0.29, 0.717) is 23.9 Å². The molecule has 7 heteroatoms. The molecule has 0 bridgehead atoms. The van der Waals surface area contributed by atoms with Gasteiger partial charge in [0.25, 0.3) is 0 Å². The molecule has 1 aliphatic heterocycles. The van der Waals surface area contributed by atoms with Gasteiger partial charge in [0, 0.05) is 38.3 Å². The Balaban J connectivity index is 1.91. The summed E-state index contributed by atoms with van der Waals surface area (Å²) < 4.78 is 16.1. The Morgan fingerprint density at radius 1 is 0.929 bits per heavy atom. The van der Waals surface area contributed by atoms with Gasteiger partial charge in [-0.2, -0.15) is 0 Å². The van der Waals surface area contributed by atoms with Crippen LogP contribution < -0.4 is 19.5 Å². The van der Waals surface area contributed by atoms with Gasteiger partial charge < -0.3 is 19.5 Å². The van der Waals surface area contributed by atoms with Gasteiger partial charge >= 0.3 is 11.9 Å². The minimum atomic E-state index is -0.417. The van der Waals surface area contributed by atoms with Crippen molar-refractivity contribution < 1.29 is 28.6 Å². The van der Waals surface area contributed by atoms with Crippen LogP contribution in [0.3, 0.4) is 0 Å². The van der Waals surface area contributed by atoms with Gasteiger partial charge in [0.05, 0.1) is 12.6 Å². The van der Waals surface area contributed by atoms with Gasteiger partial charge in [0.15, 0.2) is 0 Å². The molecule has 1 N–H and O–H groups in total. The number of carbonyl (C=O) groups is 3. The Kier molecular flexibility index (Phi) is 5.63. The summed E-state index contributed by atoms with van der Waals surface area (Å²) in [6.45, 7) is 4.46. The summed E-state index contributed by atoms with van der Waals surface area (Å²) in [4.78, 5) is 34.1. The van der Waals surface area contributed by atoms with Crippen molar-refractivity contribution in [1.82, 2.24) is 5.32 Å². The summed E-state index contributed by atoms with van der Waals surface area (Å²) >= 11 is 0. The van der Waals surface area contributed by atoms with Crippen molar-refractivity contribution >= 4 is 17.8 Å². The highest BCUT2D eigenvalue weighted by Gasteiger charge is 2.33. The van der Waals surface area contributed by atoms with E-state index in [0.717, 1.165) is 11.1 Å². The van der Waals surface area contributed by atoms with Gasteiger partial charge in [-0.15, -0.1) is 0 Å². The van der Waals surface area contributed by atoms with Gasteiger partial charge in [-0.05, 0) is 29.8 Å². The van der Waals surface area contributed by atoms with E-state index in [4.69, 9.17) is 14.2 Å². The standard InChI is InChI=1S/C21H21NO6/c1-12(23)22-21-18-9-8-17(28-14(3)25)10-20(18)26-11-19(21)15-4-6-16(7-5-15)27-13(2)24/h4-10,19,21H,11H2,1-3H3,(H,22,23). The highest BCUT2D eigenvalue weighted by Crippen LogP contribution is 2.42. The molecule has 0 saturated carbocycles. The summed E-state index contributed by atoms with van der Waals surface area (Å²) in [5.74, 6) is 0.297. The second-order valence-electron chi connectivity index (χ2n) is 6.55. The maximum absolute atomic E-state index is 11.8. The van der Waals surface area contributed by atoms with Crippen LogP contribution >= 0.6 is 0 Å². The van der Waals surface area contributed by atoms with Crippen LogP contribution in [0.4, 0.5) is 0 Å². The number of rotatable bonds is 4. The molecule has 1 heterocycles. The van der Waals surface area contributed by atoms with Crippen LogP contribution in [0.5, 0.6) is 17.2 Å². The minimum Gasteiger partial charge on any atom is -0.492 e. The molecule has 0 fully saturated rings. The largest absolute Gasteiger partial charge is 0.492 e. The van der Waals surface area contributed by atoms with E-state index in [9.17, 15) is 14.4 Å². The van der Waals surface area contributed by atoms with E-state index < -0.39 is 5.97 Å². The molecule has 7 nitrogen and oxygen atoms in total. The smallest absolute Gasteiger partial charge is 0.308 e. The fourth-order valence-corrected chi connectivity index (χ4v) is 3.25. The predicted octanol–water partition coefficient (Wildman–Crippen LogP) is 2.89. The molecule has 0 radical (unpaired) electrons. The van der Waals surface area contributed by atoms with Gasteiger partial charge in [0.2, 0.25) is 5.91 Å². The quantitative estimate of drug-likeness (QED) is 0.645. The molecule has 2 aromatic carbocycles. The predicted molar refractivity (Wildman–Crippen MR) is 100 cm³/mol. The van der Waals surface area contributed by atoms with E-state index in [2.05, 4.69) is 5.32 Å². The first kappa shape index (κ1) is 19.4. The highest BCUT2D eigenvalue weighted by atomic mass is 16.5. The first-order chi connectivity index (χ1) is 13.3. The molecule has 0 aromatic heterocycles. The molecule has 2 aromatic rings. The summed E-state index contributed by atoms with van der Waals surface area (Å²) in [6.07, 6.45) is 0. The molecule has 0 spiro atoms. The molecule has 3 rings (SSSR count). The average molecular weight is 383 g/mol. The lowest BCUT2D eigenvalue weighted by molar-refractivity contribution is -0.132. The molecule has 146 valence electrons. The number of hydrogen-bond donors (Lipinski definition) is 1. The SMILES string of the molecule is CC(=O)NC1c2ccc(OC(C)=O)cc2OCC1c1ccc(OC(C)=O)cc1. The van der Waals surface area contributed by atoms with Crippen molar-refractivity contribution in [2.24, 2.45) is 0 Å². The Morgan fingerprint density at radius 3 is 2.14 bits per heavy atom. The molecule has 0 saturated heterocycles. The molecular weight excluding hydrogens is 362 g/mol. The van der Waals surface area contributed by atoms with Crippen LogP contribution in [0, 0.1) is 0 Å². The van der Waals surface area contributed by atoms with Crippen molar-refractivity contribution in [3.05, 3.63) is 53.6 Å². The normalized spacial score (nSPS) is 17.7. The number of amides is 1. The maximum Gasteiger partial charge on any atom is 0.308 e. The zero-order valence-electron chi connectivity index (χ0n) is 15.9. The van der Waals surface area contributed by atoms with Crippen LogP contribution in [0.1, 0.15) is 43.9 Å². The number of esters is 2. The van der Waals surface area contributed by atoms with Crippen LogP contribution in [-0.2, 0) is 14.4 Å². The van der Waals surface area contributed by atoms with E-state index in [1.165, 1.54) is 20.8 Å². The second kappa shape index (κ2) is 8.12. The number of fused-ring (bicyclic) bond motifs is 1. The monoisotopic (exact) mass is 383 g/mol. The molecule has 2 atom stereocenters. The first-order valence-corrected chi connectivity index (χ1v) is 8.84. The van der Waals surface area contributed by atoms with Crippen LogP contribution in [0.15, 0.2) is 42.5 Å². The lowest BCUT2D eigenvalue weighted by atomic mass is 9.85. The topological polar surface area (TPSA) is 90.9 Å². The molecule has 1 aliphatic rings. The number of carbonyl (C=O) groups excluding carboxylic acids is 3. The van der Waals surface area contributed by atoms with Gasteiger partial charge in [-0.25, -0.2) is 0 Å². The second-order valence-corrected chi connectivity index (χ2v) is 6.55. The number of ether oxygens (including phenoxy) is 3. The fourth-order valence-electron chi connectivity index (χ4n) is 3.25. The highest BCUT2D eigenvalue weighted by molar-refractivity contribution is 5.74. The summed E-state index contributed by atoms with van der Waals surface area (Å²) in [5.41, 5.74) is 1.73. The fraction of sp³-hybridized carbons (Fsp3) is 0.286. The minimum absolute atomic E-state index is 0.137. The number of hydrogen-bond acceptors (Lipinski definition) is 6. The van der Waals surface area contributed by atoms with Crippen molar-refractivity contribution in [2.75, 3.05) is 6.61 Å². The lowest BCUT2D eigenvalue weighted by Gasteiger charge is -2.34. The van der Waals surface area contributed by atoms with E-state index >= 15 is 0 Å². The third-order valence-electron chi connectivity index (χ3n) is 4.33. The third-order valence-corrected chi connectivity index (χ3v) is 4.33. The zero-order chi connectivity index (χ0) is 20.3. The summed E-state index contributed by atoms with van der Waals surface area (Å²) in [6, 6.07) is 11.9. The molecule has 1 amide bonds. The molecule has 2 unspecified atom stereocenters. The summed E-state index contributed by atoms with van der Waals surface area (Å²) in [5, 5.41) is 2.98. The molecular formula is C21H21NO6. The van der Waals surface area contributed by atoms with Gasteiger partial charge in [-0.1, -0.05) is 12.1 Å². The van der Waals surface area contributed by atoms with Crippen molar-refractivity contribution in [3.8, 4) is 17.2 Å². The number of benzene rings is 2. The summed E-state index contributed by atoms with van der Waals surface area (Å²) in [7, 11) is 0. The van der Waals surface area contributed by atoms with E-state index in [1.807, 2.05) is 12.1 Å². The van der Waals surface area contributed by atoms with E-state index in [1.54, 1.807) is 30.3 Å². The van der Waals surface area contributed by atoms with E-state index in [-0.39, 0.29) is 23.8 Å². The number of nitrogens with one attached hydrogen (secondary N) is 1. The molecule has 28 heavy (non-hydrogen) atoms. The van der Waals surface area contributed by atoms with Crippen LogP contribution in [0.25, 0.3) is 0 Å². The zero-order valence-corrected chi connectivity index (χ0v) is 15.9. The third kappa shape index (κ3) is 4.49. The van der Waals surface area contributed by atoms with Crippen molar-refractivity contribution in [3.63, 3.8) is 0 Å². The van der Waals surface area contributed by atoms with Gasteiger partial charge in [0.1, 0.15) is 17.2 Å².